The third-order valence-corrected chi connectivity index (χ3v) is 4.67. The largest absolute Gasteiger partial charge is 0.378 e. The lowest BCUT2D eigenvalue weighted by Crippen LogP contribution is -2.51. The highest BCUT2D eigenvalue weighted by Gasteiger charge is 2.26. The van der Waals surface area contributed by atoms with Gasteiger partial charge < -0.3 is 15.0 Å². The van der Waals surface area contributed by atoms with Crippen LogP contribution in [-0.2, 0) is 4.74 Å². The van der Waals surface area contributed by atoms with Crippen molar-refractivity contribution in [3.8, 4) is 0 Å². The molecule has 0 spiro atoms. The van der Waals surface area contributed by atoms with Crippen LogP contribution < -0.4 is 10.2 Å². The van der Waals surface area contributed by atoms with Gasteiger partial charge in [0.25, 0.3) is 0 Å². The summed E-state index contributed by atoms with van der Waals surface area (Å²) in [7, 11) is 1.75. The molecule has 1 aliphatic heterocycles. The number of nitrogens with one attached hydrogen (secondary N) is 1. The van der Waals surface area contributed by atoms with Gasteiger partial charge in [0.15, 0.2) is 5.82 Å². The summed E-state index contributed by atoms with van der Waals surface area (Å²) < 4.78 is 5.34. The Balaban J connectivity index is 1.57. The van der Waals surface area contributed by atoms with Gasteiger partial charge in [-0.15, -0.1) is 5.10 Å². The Morgan fingerprint density at radius 1 is 1.12 bits per heavy atom. The maximum atomic E-state index is 5.34. The molecule has 3 aromatic heterocycles. The summed E-state index contributed by atoms with van der Waals surface area (Å²) in [5.74, 6) is 1.82. The van der Waals surface area contributed by atoms with Crippen molar-refractivity contribution in [2.75, 3.05) is 30.4 Å². The van der Waals surface area contributed by atoms with E-state index in [1.54, 1.807) is 13.3 Å². The maximum absolute atomic E-state index is 5.34. The summed E-state index contributed by atoms with van der Waals surface area (Å²) in [6.45, 7) is 6.04. The molecular formula is C19H22N6O. The van der Waals surface area contributed by atoms with Gasteiger partial charge in [-0.3, -0.25) is 4.98 Å². The minimum atomic E-state index is 0.304. The highest BCUT2D eigenvalue weighted by Crippen LogP contribution is 2.25. The van der Waals surface area contributed by atoms with Crippen LogP contribution in [0.3, 0.4) is 0 Å². The molecule has 4 rings (SSSR count). The Bertz CT molecular complexity index is 923. The van der Waals surface area contributed by atoms with Gasteiger partial charge in [0.1, 0.15) is 5.82 Å². The molecule has 0 aromatic carbocycles. The average Bonchev–Trinajstić information content (AvgIpc) is 2.61. The van der Waals surface area contributed by atoms with Crippen molar-refractivity contribution in [2.45, 2.75) is 25.9 Å². The molecule has 0 amide bonds. The smallest absolute Gasteiger partial charge is 0.154 e. The number of fused-ring (bicyclic) bond motifs is 1. The monoisotopic (exact) mass is 350 g/mol. The third-order valence-electron chi connectivity index (χ3n) is 4.67. The fourth-order valence-corrected chi connectivity index (χ4v) is 2.93. The average molecular weight is 350 g/mol. The predicted octanol–water partition coefficient (Wildman–Crippen LogP) is 3.12. The van der Waals surface area contributed by atoms with Crippen LogP contribution in [0.15, 0.2) is 36.7 Å². The van der Waals surface area contributed by atoms with E-state index in [2.05, 4.69) is 50.3 Å². The Kier molecular flexibility index (Phi) is 4.38. The van der Waals surface area contributed by atoms with Gasteiger partial charge in [-0.1, -0.05) is 13.8 Å². The number of nitrogens with zero attached hydrogens (tertiary/aromatic N) is 5. The number of methoxy groups -OCH3 is 1. The first-order valence-corrected chi connectivity index (χ1v) is 8.76. The summed E-state index contributed by atoms with van der Waals surface area (Å²) in [5, 5.41) is 11.4. The topological polar surface area (TPSA) is 76.1 Å². The van der Waals surface area contributed by atoms with Crippen molar-refractivity contribution in [3.05, 3.63) is 42.2 Å². The molecule has 3 aromatic rings. The Hall–Kier alpha value is -2.80. The number of aromatic nitrogens is 4. The minimum absolute atomic E-state index is 0.304. The Morgan fingerprint density at radius 2 is 1.96 bits per heavy atom. The van der Waals surface area contributed by atoms with E-state index >= 15 is 0 Å². The SMILES string of the molecule is COC1CN(c2cnc3ccc(Nc4cc(C(C)C)cnn4)nc3c2)C1. The number of hydrogen-bond donors (Lipinski definition) is 1. The zero-order valence-corrected chi connectivity index (χ0v) is 15.2. The summed E-state index contributed by atoms with van der Waals surface area (Å²) in [6, 6.07) is 7.93. The van der Waals surface area contributed by atoms with E-state index in [0.717, 1.165) is 41.2 Å². The van der Waals surface area contributed by atoms with Crippen LogP contribution in [0.4, 0.5) is 17.3 Å². The predicted molar refractivity (Wildman–Crippen MR) is 102 cm³/mol. The molecule has 1 fully saturated rings. The Morgan fingerprint density at radius 3 is 2.73 bits per heavy atom. The van der Waals surface area contributed by atoms with E-state index in [4.69, 9.17) is 4.74 Å². The van der Waals surface area contributed by atoms with E-state index in [9.17, 15) is 0 Å². The number of rotatable bonds is 5. The van der Waals surface area contributed by atoms with Crippen LogP contribution in [-0.4, -0.2) is 46.5 Å². The molecule has 0 saturated carbocycles. The van der Waals surface area contributed by atoms with Gasteiger partial charge in [-0.25, -0.2) is 4.98 Å². The van der Waals surface area contributed by atoms with Crippen LogP contribution >= 0.6 is 0 Å². The van der Waals surface area contributed by atoms with E-state index in [-0.39, 0.29) is 0 Å². The van der Waals surface area contributed by atoms with E-state index < -0.39 is 0 Å². The quantitative estimate of drug-likeness (QED) is 0.757. The molecule has 0 aliphatic carbocycles. The van der Waals surface area contributed by atoms with Crippen LogP contribution in [0.2, 0.25) is 0 Å². The lowest BCUT2D eigenvalue weighted by atomic mass is 10.1. The van der Waals surface area contributed by atoms with Crippen molar-refractivity contribution in [1.82, 2.24) is 20.2 Å². The lowest BCUT2D eigenvalue weighted by Gasteiger charge is -2.39. The molecule has 26 heavy (non-hydrogen) atoms. The highest BCUT2D eigenvalue weighted by atomic mass is 16.5. The molecule has 7 nitrogen and oxygen atoms in total. The number of pyridine rings is 2. The number of ether oxygens (including phenoxy) is 1. The van der Waals surface area contributed by atoms with Gasteiger partial charge in [-0.2, -0.15) is 5.10 Å². The summed E-state index contributed by atoms with van der Waals surface area (Å²) in [6.07, 6.45) is 3.99. The fourth-order valence-electron chi connectivity index (χ4n) is 2.93. The second-order valence-electron chi connectivity index (χ2n) is 6.84. The summed E-state index contributed by atoms with van der Waals surface area (Å²) in [5.41, 5.74) is 3.92. The van der Waals surface area contributed by atoms with Gasteiger partial charge >= 0.3 is 0 Å². The van der Waals surface area contributed by atoms with Crippen molar-refractivity contribution in [3.63, 3.8) is 0 Å². The lowest BCUT2D eigenvalue weighted by molar-refractivity contribution is 0.0787. The molecule has 0 atom stereocenters. The molecule has 4 heterocycles. The van der Waals surface area contributed by atoms with Gasteiger partial charge in [0.05, 0.1) is 35.2 Å². The first-order chi connectivity index (χ1) is 12.6. The third kappa shape index (κ3) is 3.30. The fraction of sp³-hybridized carbons (Fsp3) is 0.368. The molecule has 134 valence electrons. The summed E-state index contributed by atoms with van der Waals surface area (Å²) >= 11 is 0. The number of hydrogen-bond acceptors (Lipinski definition) is 7. The molecule has 1 aliphatic rings. The maximum Gasteiger partial charge on any atom is 0.154 e. The van der Waals surface area contributed by atoms with Crippen LogP contribution in [0, 0.1) is 0 Å². The first-order valence-electron chi connectivity index (χ1n) is 8.76. The van der Waals surface area contributed by atoms with Gasteiger partial charge in [-0.05, 0) is 35.7 Å². The zero-order chi connectivity index (χ0) is 18.1. The van der Waals surface area contributed by atoms with Crippen LogP contribution in [0.25, 0.3) is 11.0 Å². The Labute approximate surface area is 152 Å². The van der Waals surface area contributed by atoms with Crippen molar-refractivity contribution in [1.29, 1.82) is 0 Å². The molecule has 7 heteroatoms. The molecular weight excluding hydrogens is 328 g/mol. The molecule has 1 N–H and O–H groups in total. The second-order valence-corrected chi connectivity index (χ2v) is 6.84. The first kappa shape index (κ1) is 16.7. The van der Waals surface area contributed by atoms with Crippen molar-refractivity contribution >= 4 is 28.4 Å². The number of anilines is 3. The van der Waals surface area contributed by atoms with Gasteiger partial charge in [0.2, 0.25) is 0 Å². The minimum Gasteiger partial charge on any atom is -0.378 e. The molecule has 0 bridgehead atoms. The molecule has 1 saturated heterocycles. The second kappa shape index (κ2) is 6.84. The highest BCUT2D eigenvalue weighted by molar-refractivity contribution is 5.80. The summed E-state index contributed by atoms with van der Waals surface area (Å²) in [4.78, 5) is 11.4. The van der Waals surface area contributed by atoms with E-state index in [1.807, 2.05) is 24.4 Å². The van der Waals surface area contributed by atoms with E-state index in [0.29, 0.717) is 17.8 Å². The van der Waals surface area contributed by atoms with Crippen LogP contribution in [0.5, 0.6) is 0 Å². The van der Waals surface area contributed by atoms with Crippen molar-refractivity contribution in [2.24, 2.45) is 0 Å². The standard InChI is InChI=1S/C19H22N6O/c1-12(2)13-6-19(24-21-8-13)23-18-5-4-16-17(22-18)7-14(9-20-16)25-10-15(11-25)26-3/h4-9,12,15H,10-11H2,1-3H3,(H,22,23,24). The van der Waals surface area contributed by atoms with Crippen LogP contribution in [0.1, 0.15) is 25.3 Å². The van der Waals surface area contributed by atoms with E-state index in [1.165, 1.54) is 0 Å². The molecule has 0 radical (unpaired) electrons. The normalized spacial score (nSPS) is 14.7. The van der Waals surface area contributed by atoms with Crippen molar-refractivity contribution < 1.29 is 4.74 Å². The van der Waals surface area contributed by atoms with Gasteiger partial charge in [0, 0.05) is 20.2 Å². The zero-order valence-electron chi connectivity index (χ0n) is 15.2. The molecule has 0 unspecified atom stereocenters.